The van der Waals surface area contributed by atoms with Gasteiger partial charge in [0.25, 0.3) is 5.91 Å². The summed E-state index contributed by atoms with van der Waals surface area (Å²) in [4.78, 5) is 16.4. The van der Waals surface area contributed by atoms with E-state index in [1.807, 2.05) is 37.3 Å². The standard InChI is InChI=1S/C22H27ClN4O3.HI/c1-3-25-22(26-8-7-15-5-4-6-17(11-15)21(28)24-2)27-14-16-12-18(23)20-19(13-16)29-9-10-30-20;/h4-6,11-13H,3,7-10,14H2,1-2H3,(H,24,28)(H2,25,26,27);1H. The van der Waals surface area contributed by atoms with Crippen molar-refractivity contribution in [1.82, 2.24) is 16.0 Å². The number of rotatable bonds is 7. The van der Waals surface area contributed by atoms with Gasteiger partial charge in [-0.05, 0) is 48.7 Å². The molecule has 168 valence electrons. The van der Waals surface area contributed by atoms with Gasteiger partial charge in [0.15, 0.2) is 17.5 Å². The maximum atomic E-state index is 11.8. The van der Waals surface area contributed by atoms with E-state index in [1.165, 1.54) is 0 Å². The van der Waals surface area contributed by atoms with Crippen molar-refractivity contribution in [2.24, 2.45) is 4.99 Å². The third kappa shape index (κ3) is 7.17. The second-order valence-corrected chi connectivity index (χ2v) is 7.16. The first-order valence-electron chi connectivity index (χ1n) is 10.0. The Morgan fingerprint density at radius 1 is 1.13 bits per heavy atom. The molecule has 31 heavy (non-hydrogen) atoms. The van der Waals surface area contributed by atoms with Crippen molar-refractivity contribution in [2.75, 3.05) is 33.4 Å². The Morgan fingerprint density at radius 3 is 2.71 bits per heavy atom. The van der Waals surface area contributed by atoms with Crippen molar-refractivity contribution in [3.63, 3.8) is 0 Å². The van der Waals surface area contributed by atoms with Crippen molar-refractivity contribution in [2.45, 2.75) is 19.9 Å². The van der Waals surface area contributed by atoms with Crippen LogP contribution < -0.4 is 25.4 Å². The fraction of sp³-hybridized carbons (Fsp3) is 0.364. The molecule has 0 spiro atoms. The lowest BCUT2D eigenvalue weighted by Gasteiger charge is -2.20. The van der Waals surface area contributed by atoms with Crippen LogP contribution in [0.15, 0.2) is 41.4 Å². The maximum absolute atomic E-state index is 11.8. The molecule has 3 rings (SSSR count). The van der Waals surface area contributed by atoms with E-state index in [0.717, 1.165) is 24.1 Å². The first kappa shape index (κ1) is 25.1. The van der Waals surface area contributed by atoms with Crippen molar-refractivity contribution in [3.05, 3.63) is 58.1 Å². The predicted octanol–water partition coefficient (Wildman–Crippen LogP) is 3.39. The number of benzene rings is 2. The van der Waals surface area contributed by atoms with Gasteiger partial charge >= 0.3 is 0 Å². The van der Waals surface area contributed by atoms with Crippen LogP contribution in [-0.2, 0) is 13.0 Å². The number of ether oxygens (including phenoxy) is 2. The van der Waals surface area contributed by atoms with E-state index in [-0.39, 0.29) is 29.9 Å². The number of fused-ring (bicyclic) bond motifs is 1. The Kier molecular flexibility index (Phi) is 10.2. The van der Waals surface area contributed by atoms with Gasteiger partial charge in [-0.25, -0.2) is 4.99 Å². The Labute approximate surface area is 205 Å². The minimum Gasteiger partial charge on any atom is -0.486 e. The summed E-state index contributed by atoms with van der Waals surface area (Å²) in [6.07, 6.45) is 0.769. The molecule has 0 bridgehead atoms. The second-order valence-electron chi connectivity index (χ2n) is 6.75. The second kappa shape index (κ2) is 12.6. The summed E-state index contributed by atoms with van der Waals surface area (Å²) < 4.78 is 11.2. The van der Waals surface area contributed by atoms with Crippen molar-refractivity contribution >= 4 is 47.4 Å². The number of amides is 1. The van der Waals surface area contributed by atoms with E-state index in [2.05, 4.69) is 20.9 Å². The lowest BCUT2D eigenvalue weighted by molar-refractivity contribution is 0.0963. The highest BCUT2D eigenvalue weighted by Crippen LogP contribution is 2.38. The molecule has 0 unspecified atom stereocenters. The van der Waals surface area contributed by atoms with Gasteiger partial charge in [0.2, 0.25) is 0 Å². The number of carbonyl (C=O) groups is 1. The largest absolute Gasteiger partial charge is 0.486 e. The number of nitrogens with one attached hydrogen (secondary N) is 3. The minimum absolute atomic E-state index is 0. The van der Waals surface area contributed by atoms with Gasteiger partial charge in [-0.1, -0.05) is 23.7 Å². The molecule has 0 fully saturated rings. The molecule has 0 atom stereocenters. The monoisotopic (exact) mass is 558 g/mol. The highest BCUT2D eigenvalue weighted by Gasteiger charge is 2.16. The topological polar surface area (TPSA) is 84.0 Å². The first-order chi connectivity index (χ1) is 14.6. The molecule has 9 heteroatoms. The Balaban J connectivity index is 0.00000341. The Bertz CT molecular complexity index is 924. The third-order valence-corrected chi connectivity index (χ3v) is 4.82. The van der Waals surface area contributed by atoms with Gasteiger partial charge in [0.1, 0.15) is 13.2 Å². The molecule has 1 amide bonds. The third-order valence-electron chi connectivity index (χ3n) is 4.54. The van der Waals surface area contributed by atoms with Crippen LogP contribution >= 0.6 is 35.6 Å². The van der Waals surface area contributed by atoms with Gasteiger partial charge in [0.05, 0.1) is 11.6 Å². The molecule has 0 saturated heterocycles. The number of hydrogen-bond donors (Lipinski definition) is 3. The SMILES string of the molecule is CCNC(=NCc1cc(Cl)c2c(c1)OCCO2)NCCc1cccc(C(=O)NC)c1.I. The van der Waals surface area contributed by atoms with E-state index in [1.54, 1.807) is 13.1 Å². The molecule has 0 aliphatic carbocycles. The zero-order valence-electron chi connectivity index (χ0n) is 17.7. The van der Waals surface area contributed by atoms with Crippen LogP contribution in [0.3, 0.4) is 0 Å². The van der Waals surface area contributed by atoms with E-state index in [9.17, 15) is 4.79 Å². The van der Waals surface area contributed by atoms with Crippen molar-refractivity contribution in [1.29, 1.82) is 0 Å². The number of aliphatic imine (C=N–C) groups is 1. The maximum Gasteiger partial charge on any atom is 0.251 e. The smallest absolute Gasteiger partial charge is 0.251 e. The van der Waals surface area contributed by atoms with Gasteiger partial charge < -0.3 is 25.4 Å². The average molecular weight is 559 g/mol. The summed E-state index contributed by atoms with van der Waals surface area (Å²) >= 11 is 6.31. The van der Waals surface area contributed by atoms with E-state index >= 15 is 0 Å². The predicted molar refractivity (Wildman–Crippen MR) is 134 cm³/mol. The van der Waals surface area contributed by atoms with Crippen LogP contribution in [0.2, 0.25) is 5.02 Å². The fourth-order valence-corrected chi connectivity index (χ4v) is 3.39. The molecule has 2 aromatic rings. The summed E-state index contributed by atoms with van der Waals surface area (Å²) in [5.74, 6) is 1.89. The molecule has 0 aromatic heterocycles. The number of nitrogens with zero attached hydrogens (tertiary/aromatic N) is 1. The van der Waals surface area contributed by atoms with Crippen LogP contribution in [0.1, 0.15) is 28.4 Å². The van der Waals surface area contributed by atoms with Gasteiger partial charge in [-0.2, -0.15) is 0 Å². The molecule has 3 N–H and O–H groups in total. The van der Waals surface area contributed by atoms with Crippen LogP contribution in [-0.4, -0.2) is 45.2 Å². The van der Waals surface area contributed by atoms with Gasteiger partial charge in [-0.15, -0.1) is 24.0 Å². The molecule has 0 saturated carbocycles. The quantitative estimate of drug-likeness (QED) is 0.276. The van der Waals surface area contributed by atoms with Gasteiger partial charge in [-0.3, -0.25) is 4.79 Å². The molecule has 1 heterocycles. The zero-order valence-corrected chi connectivity index (χ0v) is 20.8. The van der Waals surface area contributed by atoms with Crippen LogP contribution in [0.4, 0.5) is 0 Å². The van der Waals surface area contributed by atoms with Crippen LogP contribution in [0, 0.1) is 0 Å². The number of halogens is 2. The average Bonchev–Trinajstić information content (AvgIpc) is 2.77. The zero-order chi connectivity index (χ0) is 21.3. The molecule has 1 aliphatic heterocycles. The van der Waals surface area contributed by atoms with E-state index in [0.29, 0.717) is 54.3 Å². The van der Waals surface area contributed by atoms with Crippen LogP contribution in [0.25, 0.3) is 0 Å². The summed E-state index contributed by atoms with van der Waals surface area (Å²) in [7, 11) is 1.63. The normalized spacial score (nSPS) is 12.5. The number of guanidine groups is 1. The number of carbonyl (C=O) groups excluding carboxylic acids is 1. The highest BCUT2D eigenvalue weighted by molar-refractivity contribution is 14.0. The minimum atomic E-state index is -0.0854. The lowest BCUT2D eigenvalue weighted by Crippen LogP contribution is -2.38. The highest BCUT2D eigenvalue weighted by atomic mass is 127. The summed E-state index contributed by atoms with van der Waals surface area (Å²) in [6.45, 7) is 4.93. The van der Waals surface area contributed by atoms with Gasteiger partial charge in [0, 0.05) is 25.7 Å². The van der Waals surface area contributed by atoms with Crippen molar-refractivity contribution < 1.29 is 14.3 Å². The van der Waals surface area contributed by atoms with Crippen molar-refractivity contribution in [3.8, 4) is 11.5 Å². The first-order valence-corrected chi connectivity index (χ1v) is 10.4. The molecular weight excluding hydrogens is 531 g/mol. The van der Waals surface area contributed by atoms with E-state index < -0.39 is 0 Å². The number of hydrogen-bond acceptors (Lipinski definition) is 4. The molecule has 2 aromatic carbocycles. The fourth-order valence-electron chi connectivity index (χ4n) is 3.11. The summed E-state index contributed by atoms with van der Waals surface area (Å²) in [5.41, 5.74) is 2.68. The Morgan fingerprint density at radius 2 is 1.94 bits per heavy atom. The van der Waals surface area contributed by atoms with E-state index in [4.69, 9.17) is 21.1 Å². The Hall–Kier alpha value is -2.20. The molecule has 1 aliphatic rings. The molecule has 0 radical (unpaired) electrons. The summed E-state index contributed by atoms with van der Waals surface area (Å²) in [5, 5.41) is 9.75. The summed E-state index contributed by atoms with van der Waals surface area (Å²) in [6, 6.07) is 11.4. The molecular formula is C22H28ClIN4O3. The molecule has 7 nitrogen and oxygen atoms in total. The van der Waals surface area contributed by atoms with Crippen LogP contribution in [0.5, 0.6) is 11.5 Å². The lowest BCUT2D eigenvalue weighted by atomic mass is 10.1.